The lowest BCUT2D eigenvalue weighted by Gasteiger charge is -2.48. The highest BCUT2D eigenvalue weighted by Gasteiger charge is 2.49. The van der Waals surface area contributed by atoms with Crippen molar-refractivity contribution in [2.45, 2.75) is 25.0 Å². The first-order valence-corrected chi connectivity index (χ1v) is 13.2. The molecule has 0 aliphatic carbocycles. The van der Waals surface area contributed by atoms with Crippen molar-refractivity contribution in [1.82, 2.24) is 10.6 Å². The van der Waals surface area contributed by atoms with E-state index >= 15 is 0 Å². The molecule has 1 aliphatic rings. The largest absolute Gasteiger partial charge is 0.507 e. The van der Waals surface area contributed by atoms with Crippen molar-refractivity contribution in [2.24, 2.45) is 5.92 Å². The molecule has 11 nitrogen and oxygen atoms in total. The molecule has 3 aromatic rings. The van der Waals surface area contributed by atoms with Gasteiger partial charge in [0, 0.05) is 17.3 Å². The first-order valence-electron chi connectivity index (χ1n) is 13.2. The molecule has 3 atom stereocenters. The Labute approximate surface area is 240 Å². The molecule has 0 radical (unpaired) electrons. The van der Waals surface area contributed by atoms with Crippen LogP contribution in [0.4, 0.5) is 10.1 Å². The summed E-state index contributed by atoms with van der Waals surface area (Å²) in [5, 5.41) is 34.5. The SMILES string of the molecule is O=C(O)CNC(=O)CNC(=O)COc1ccc([C@@H]2[C@@H](CC[C@H](O)c3ccc(F)cc3)C(=O)N2c2ccccc2)c(O)c1. The van der Waals surface area contributed by atoms with Crippen LogP contribution in [0.25, 0.3) is 0 Å². The summed E-state index contributed by atoms with van der Waals surface area (Å²) in [5.74, 6) is -3.65. The number of aliphatic hydroxyl groups is 1. The molecule has 1 fully saturated rings. The van der Waals surface area contributed by atoms with Crippen LogP contribution in [0, 0.1) is 11.7 Å². The number of nitrogens with one attached hydrogen (secondary N) is 2. The molecule has 1 aliphatic heterocycles. The number of aliphatic carboxylic acids is 1. The zero-order chi connectivity index (χ0) is 30.2. The Morgan fingerprint density at radius 3 is 2.31 bits per heavy atom. The third-order valence-electron chi connectivity index (χ3n) is 6.83. The van der Waals surface area contributed by atoms with Crippen LogP contribution in [-0.2, 0) is 19.2 Å². The van der Waals surface area contributed by atoms with Crippen molar-refractivity contribution < 1.29 is 43.6 Å². The number of phenols is 1. The summed E-state index contributed by atoms with van der Waals surface area (Å²) < 4.78 is 18.7. The van der Waals surface area contributed by atoms with Gasteiger partial charge in [0.25, 0.3) is 5.91 Å². The molecule has 42 heavy (non-hydrogen) atoms. The number of ether oxygens (including phenoxy) is 1. The van der Waals surface area contributed by atoms with Gasteiger partial charge in [0.1, 0.15) is 23.9 Å². The van der Waals surface area contributed by atoms with Gasteiger partial charge in [0.15, 0.2) is 6.61 Å². The standard InChI is InChI=1S/C30H30FN3O8/c31-19-8-6-18(7-9-19)24(35)13-12-23-29(34(30(23)41)20-4-2-1-3-5-20)22-11-10-21(14-25(22)36)42-17-27(38)32-15-26(37)33-16-28(39)40/h1-11,14,23-24,29,35-36H,12-13,15-17H2,(H,32,38)(H,33,37)(H,39,40)/t23-,24+,29-/m1/s1. The first-order chi connectivity index (χ1) is 20.1. The monoisotopic (exact) mass is 579 g/mol. The first kappa shape index (κ1) is 30.0. The van der Waals surface area contributed by atoms with Gasteiger partial charge in [0.05, 0.1) is 24.6 Å². The lowest BCUT2D eigenvalue weighted by molar-refractivity contribution is -0.137. The number of benzene rings is 3. The number of aromatic hydroxyl groups is 1. The van der Waals surface area contributed by atoms with Gasteiger partial charge in [-0.3, -0.25) is 19.2 Å². The number of aliphatic hydroxyl groups excluding tert-OH is 1. The van der Waals surface area contributed by atoms with Gasteiger partial charge in [-0.15, -0.1) is 0 Å². The van der Waals surface area contributed by atoms with Crippen LogP contribution >= 0.6 is 0 Å². The Morgan fingerprint density at radius 1 is 0.952 bits per heavy atom. The second-order valence-corrected chi connectivity index (χ2v) is 9.70. The fraction of sp³-hybridized carbons (Fsp3) is 0.267. The Balaban J connectivity index is 1.42. The van der Waals surface area contributed by atoms with Crippen molar-refractivity contribution in [3.05, 3.63) is 89.7 Å². The topological polar surface area (TPSA) is 166 Å². The van der Waals surface area contributed by atoms with Crippen LogP contribution in [0.1, 0.15) is 36.1 Å². The molecule has 1 saturated heterocycles. The maximum absolute atomic E-state index is 13.3. The van der Waals surface area contributed by atoms with E-state index in [0.717, 1.165) is 0 Å². The number of carboxylic acid groups (broad SMARTS) is 1. The molecule has 4 rings (SSSR count). The number of β-lactam (4-membered cyclic amide) rings is 1. The smallest absolute Gasteiger partial charge is 0.322 e. The molecular formula is C30H30FN3O8. The molecule has 5 N–H and O–H groups in total. The molecule has 3 amide bonds. The minimum Gasteiger partial charge on any atom is -0.507 e. The van der Waals surface area contributed by atoms with Crippen LogP contribution < -0.4 is 20.3 Å². The lowest BCUT2D eigenvalue weighted by atomic mass is 9.78. The molecule has 12 heteroatoms. The predicted molar refractivity (Wildman–Crippen MR) is 148 cm³/mol. The van der Waals surface area contributed by atoms with Gasteiger partial charge in [-0.25, -0.2) is 4.39 Å². The number of rotatable bonds is 13. The third kappa shape index (κ3) is 7.40. The summed E-state index contributed by atoms with van der Waals surface area (Å²) in [6.45, 7) is -1.46. The van der Waals surface area contributed by atoms with Gasteiger partial charge in [-0.2, -0.15) is 0 Å². The van der Waals surface area contributed by atoms with Crippen LogP contribution in [-0.4, -0.2) is 58.7 Å². The number of carbonyl (C=O) groups excluding carboxylic acids is 3. The molecule has 0 aromatic heterocycles. The van der Waals surface area contributed by atoms with Crippen molar-refractivity contribution in [1.29, 1.82) is 0 Å². The third-order valence-corrected chi connectivity index (χ3v) is 6.83. The van der Waals surface area contributed by atoms with Gasteiger partial charge in [-0.05, 0) is 54.8 Å². The molecule has 3 aromatic carbocycles. The Morgan fingerprint density at radius 2 is 1.64 bits per heavy atom. The summed E-state index contributed by atoms with van der Waals surface area (Å²) in [6, 6.07) is 18.4. The van der Waals surface area contributed by atoms with Crippen molar-refractivity contribution in [3.8, 4) is 11.5 Å². The highest BCUT2D eigenvalue weighted by atomic mass is 19.1. The number of carbonyl (C=O) groups is 4. The molecular weight excluding hydrogens is 549 g/mol. The summed E-state index contributed by atoms with van der Waals surface area (Å²) in [7, 11) is 0. The quantitative estimate of drug-likeness (QED) is 0.193. The molecule has 220 valence electrons. The average Bonchev–Trinajstić information content (AvgIpc) is 2.97. The fourth-order valence-corrected chi connectivity index (χ4v) is 4.73. The lowest BCUT2D eigenvalue weighted by Crippen LogP contribution is -2.55. The average molecular weight is 580 g/mol. The van der Waals surface area contributed by atoms with E-state index in [2.05, 4.69) is 10.6 Å². The molecule has 0 bridgehead atoms. The minimum absolute atomic E-state index is 0.163. The maximum atomic E-state index is 13.3. The summed E-state index contributed by atoms with van der Waals surface area (Å²) in [4.78, 5) is 48.9. The van der Waals surface area contributed by atoms with E-state index in [1.54, 1.807) is 35.2 Å². The van der Waals surface area contributed by atoms with Gasteiger partial charge in [0.2, 0.25) is 11.8 Å². The number of para-hydroxylation sites is 1. The minimum atomic E-state index is -1.21. The van der Waals surface area contributed by atoms with E-state index in [-0.39, 0.29) is 23.8 Å². The van der Waals surface area contributed by atoms with Crippen LogP contribution in [0.2, 0.25) is 0 Å². The van der Waals surface area contributed by atoms with Crippen LogP contribution in [0.15, 0.2) is 72.8 Å². The summed E-state index contributed by atoms with van der Waals surface area (Å²) >= 11 is 0. The maximum Gasteiger partial charge on any atom is 0.322 e. The highest BCUT2D eigenvalue weighted by molar-refractivity contribution is 6.03. The summed E-state index contributed by atoms with van der Waals surface area (Å²) in [5.41, 5.74) is 1.63. The summed E-state index contributed by atoms with van der Waals surface area (Å²) in [6.07, 6.45) is -0.348. The van der Waals surface area contributed by atoms with E-state index in [4.69, 9.17) is 9.84 Å². The molecule has 0 spiro atoms. The van der Waals surface area contributed by atoms with Crippen LogP contribution in [0.5, 0.6) is 11.5 Å². The number of hydrogen-bond acceptors (Lipinski definition) is 7. The number of hydrogen-bond donors (Lipinski definition) is 5. The predicted octanol–water partition coefficient (Wildman–Crippen LogP) is 2.45. The second kappa shape index (κ2) is 13.6. The Hall–Kier alpha value is -4.97. The number of anilines is 1. The van der Waals surface area contributed by atoms with E-state index in [9.17, 15) is 33.8 Å². The normalized spacial score (nSPS) is 16.7. The van der Waals surface area contributed by atoms with Gasteiger partial charge >= 0.3 is 5.97 Å². The van der Waals surface area contributed by atoms with E-state index < -0.39 is 61.4 Å². The van der Waals surface area contributed by atoms with Gasteiger partial charge in [-0.1, -0.05) is 30.3 Å². The van der Waals surface area contributed by atoms with Crippen molar-refractivity contribution in [3.63, 3.8) is 0 Å². The van der Waals surface area contributed by atoms with Crippen LogP contribution in [0.3, 0.4) is 0 Å². The number of amides is 3. The van der Waals surface area contributed by atoms with Crippen molar-refractivity contribution in [2.75, 3.05) is 24.6 Å². The number of nitrogens with zero attached hydrogens (tertiary/aromatic N) is 1. The number of carboxylic acids is 1. The van der Waals surface area contributed by atoms with Gasteiger partial charge < -0.3 is 35.6 Å². The number of phenolic OH excluding ortho intramolecular Hbond substituents is 1. The van der Waals surface area contributed by atoms with E-state index in [1.807, 2.05) is 6.07 Å². The molecule has 0 saturated carbocycles. The Bertz CT molecular complexity index is 1430. The Kier molecular flexibility index (Phi) is 9.71. The second-order valence-electron chi connectivity index (χ2n) is 9.70. The van der Waals surface area contributed by atoms with Crippen molar-refractivity contribution >= 4 is 29.4 Å². The van der Waals surface area contributed by atoms with E-state index in [0.29, 0.717) is 23.2 Å². The number of halogens is 1. The fourth-order valence-electron chi connectivity index (χ4n) is 4.73. The molecule has 0 unspecified atom stereocenters. The highest BCUT2D eigenvalue weighted by Crippen LogP contribution is 2.49. The van der Waals surface area contributed by atoms with E-state index in [1.165, 1.54) is 36.4 Å². The molecule has 1 heterocycles. The zero-order valence-electron chi connectivity index (χ0n) is 22.4. The zero-order valence-corrected chi connectivity index (χ0v) is 22.4.